The highest BCUT2D eigenvalue weighted by Crippen LogP contribution is 2.56. The number of aromatic amines is 1. The molecule has 2 aliphatic rings. The summed E-state index contributed by atoms with van der Waals surface area (Å²) in [6.45, 7) is 6.73. The summed E-state index contributed by atoms with van der Waals surface area (Å²) in [6.07, 6.45) is 1.90. The molecule has 2 N–H and O–H groups in total. The number of fused-ring (bicyclic) bond motifs is 2. The Bertz CT molecular complexity index is 1200. The predicted molar refractivity (Wildman–Crippen MR) is 125 cm³/mol. The molecule has 0 bridgehead atoms. The van der Waals surface area contributed by atoms with E-state index in [1.165, 1.54) is 0 Å². The molecule has 3 heterocycles. The number of benzene rings is 2. The number of carbonyl (C=O) groups is 2. The van der Waals surface area contributed by atoms with E-state index in [4.69, 9.17) is 4.74 Å². The Hall–Kier alpha value is -3.14. The summed E-state index contributed by atoms with van der Waals surface area (Å²) in [6, 6.07) is 10.6. The second kappa shape index (κ2) is 8.33. The summed E-state index contributed by atoms with van der Waals surface area (Å²) in [4.78, 5) is 28.4. The lowest BCUT2D eigenvalue weighted by Gasteiger charge is -2.44. The standard InChI is InChI=1S/C23H26N6O3S/c1-4-5-12-32-15-11-10-13-8-6-7-9-14(13)16(15)20(30)24-17-21(31)29-18(19-25-27-28-26-19)23(2,3)33-22(17)29/h6-11,17-18,22H,4-5,12H2,1-3H3,(H,24,30)(H,25,26,27,28). The summed E-state index contributed by atoms with van der Waals surface area (Å²) >= 11 is 1.64. The summed E-state index contributed by atoms with van der Waals surface area (Å²) in [7, 11) is 0. The first-order valence-corrected chi connectivity index (χ1v) is 12.0. The molecule has 3 unspecified atom stereocenters. The molecule has 2 amide bonds. The van der Waals surface area contributed by atoms with E-state index in [0.717, 1.165) is 23.6 Å². The van der Waals surface area contributed by atoms with Crippen LogP contribution in [0, 0.1) is 0 Å². The monoisotopic (exact) mass is 466 g/mol. The number of unbranched alkanes of at least 4 members (excludes halogenated alkanes) is 1. The van der Waals surface area contributed by atoms with E-state index in [9.17, 15) is 9.59 Å². The van der Waals surface area contributed by atoms with E-state index >= 15 is 0 Å². The van der Waals surface area contributed by atoms with Crippen LogP contribution in [-0.4, -0.2) is 60.1 Å². The zero-order valence-corrected chi connectivity index (χ0v) is 19.6. The molecule has 0 radical (unpaired) electrons. The average Bonchev–Trinajstić information content (AvgIpc) is 3.41. The number of aromatic nitrogens is 4. The lowest BCUT2D eigenvalue weighted by Crippen LogP contribution is -2.67. The van der Waals surface area contributed by atoms with Crippen LogP contribution in [0.15, 0.2) is 36.4 Å². The summed E-state index contributed by atoms with van der Waals surface area (Å²) in [5, 5.41) is 18.7. The molecule has 2 saturated heterocycles. The highest BCUT2D eigenvalue weighted by Gasteiger charge is 2.63. The normalized spacial score (nSPS) is 23.3. The number of hydrogen-bond donors (Lipinski definition) is 2. The number of rotatable bonds is 7. The Balaban J connectivity index is 1.42. The maximum absolute atomic E-state index is 13.5. The number of hydrogen-bond acceptors (Lipinski definition) is 7. The van der Waals surface area contributed by atoms with Crippen molar-refractivity contribution in [2.24, 2.45) is 0 Å². The van der Waals surface area contributed by atoms with Gasteiger partial charge in [-0.3, -0.25) is 9.59 Å². The van der Waals surface area contributed by atoms with Crippen LogP contribution in [0.4, 0.5) is 0 Å². The van der Waals surface area contributed by atoms with Crippen LogP contribution in [0.2, 0.25) is 0 Å². The average molecular weight is 467 g/mol. The fourth-order valence-electron chi connectivity index (χ4n) is 4.62. The van der Waals surface area contributed by atoms with Crippen molar-refractivity contribution in [1.29, 1.82) is 0 Å². The maximum Gasteiger partial charge on any atom is 0.256 e. The van der Waals surface area contributed by atoms with Gasteiger partial charge in [0.15, 0.2) is 5.82 Å². The molecule has 33 heavy (non-hydrogen) atoms. The van der Waals surface area contributed by atoms with Gasteiger partial charge in [0.05, 0.1) is 12.2 Å². The number of carbonyl (C=O) groups excluding carboxylic acids is 2. The number of thioether (sulfide) groups is 1. The van der Waals surface area contributed by atoms with Gasteiger partial charge in [0.25, 0.3) is 5.91 Å². The van der Waals surface area contributed by atoms with Crippen molar-refractivity contribution < 1.29 is 14.3 Å². The molecule has 9 nitrogen and oxygen atoms in total. The van der Waals surface area contributed by atoms with Gasteiger partial charge in [0.1, 0.15) is 23.2 Å². The van der Waals surface area contributed by atoms with Gasteiger partial charge >= 0.3 is 0 Å². The lowest BCUT2D eigenvalue weighted by atomic mass is 9.95. The molecule has 10 heteroatoms. The minimum atomic E-state index is -0.620. The van der Waals surface area contributed by atoms with Crippen LogP contribution in [0.25, 0.3) is 10.8 Å². The van der Waals surface area contributed by atoms with E-state index in [1.54, 1.807) is 16.7 Å². The first-order valence-electron chi connectivity index (χ1n) is 11.1. The third kappa shape index (κ3) is 3.62. The number of amides is 2. The molecule has 2 aromatic carbocycles. The van der Waals surface area contributed by atoms with Crippen molar-refractivity contribution in [3.63, 3.8) is 0 Å². The van der Waals surface area contributed by atoms with Gasteiger partial charge in [-0.2, -0.15) is 0 Å². The van der Waals surface area contributed by atoms with Gasteiger partial charge in [-0.15, -0.1) is 16.9 Å². The number of β-lactam (4-membered cyclic amide) rings is 1. The van der Waals surface area contributed by atoms with E-state index in [0.29, 0.717) is 23.7 Å². The minimum Gasteiger partial charge on any atom is -0.493 e. The Morgan fingerprint density at radius 2 is 2.09 bits per heavy atom. The van der Waals surface area contributed by atoms with Crippen molar-refractivity contribution in [2.75, 3.05) is 6.61 Å². The Kier molecular flexibility index (Phi) is 5.48. The highest BCUT2D eigenvalue weighted by molar-refractivity contribution is 8.01. The fraction of sp³-hybridized carbons (Fsp3) is 0.435. The molecule has 3 atom stereocenters. The van der Waals surface area contributed by atoms with Gasteiger partial charge in [0.2, 0.25) is 5.91 Å². The molecule has 0 aliphatic carbocycles. The first-order chi connectivity index (χ1) is 15.9. The summed E-state index contributed by atoms with van der Waals surface area (Å²) < 4.78 is 5.65. The Morgan fingerprint density at radius 3 is 2.85 bits per heavy atom. The topological polar surface area (TPSA) is 113 Å². The zero-order chi connectivity index (χ0) is 23.2. The molecule has 172 valence electrons. The quantitative estimate of drug-likeness (QED) is 0.406. The SMILES string of the molecule is CCCCOc1ccc2ccccc2c1C(=O)NC1C(=O)N2C1SC(C)(C)C2c1nnn[nH]1. The number of nitrogens with zero attached hydrogens (tertiary/aromatic N) is 4. The van der Waals surface area contributed by atoms with Crippen molar-refractivity contribution >= 4 is 34.3 Å². The molecule has 0 spiro atoms. The number of tetrazole rings is 1. The first kappa shape index (κ1) is 21.7. The van der Waals surface area contributed by atoms with Gasteiger partial charge in [-0.05, 0) is 47.5 Å². The highest BCUT2D eigenvalue weighted by atomic mass is 32.2. The fourth-order valence-corrected chi connectivity index (χ4v) is 6.25. The van der Waals surface area contributed by atoms with Crippen molar-refractivity contribution in [3.05, 3.63) is 47.8 Å². The number of nitrogens with one attached hydrogen (secondary N) is 2. The molecule has 0 saturated carbocycles. The van der Waals surface area contributed by atoms with E-state index in [1.807, 2.05) is 36.4 Å². The Labute approximate surface area is 195 Å². The predicted octanol–water partition coefficient (Wildman–Crippen LogP) is 3.07. The van der Waals surface area contributed by atoms with Gasteiger partial charge in [0, 0.05) is 4.75 Å². The second-order valence-corrected chi connectivity index (χ2v) is 10.6. The smallest absolute Gasteiger partial charge is 0.256 e. The molecular formula is C23H26N6O3S. The largest absolute Gasteiger partial charge is 0.493 e. The maximum atomic E-state index is 13.5. The van der Waals surface area contributed by atoms with Gasteiger partial charge in [-0.25, -0.2) is 5.10 Å². The molecule has 3 aromatic rings. The van der Waals surface area contributed by atoms with Crippen molar-refractivity contribution in [3.8, 4) is 5.75 Å². The van der Waals surface area contributed by atoms with Crippen LogP contribution in [-0.2, 0) is 4.79 Å². The lowest BCUT2D eigenvalue weighted by molar-refractivity contribution is -0.148. The van der Waals surface area contributed by atoms with E-state index in [2.05, 4.69) is 46.7 Å². The molecule has 5 rings (SSSR count). The molecule has 2 aliphatic heterocycles. The van der Waals surface area contributed by atoms with Crippen molar-refractivity contribution in [2.45, 2.75) is 55.8 Å². The van der Waals surface area contributed by atoms with Crippen LogP contribution < -0.4 is 10.1 Å². The van der Waals surface area contributed by atoms with E-state index < -0.39 is 6.04 Å². The number of ether oxygens (including phenoxy) is 1. The third-order valence-corrected chi connectivity index (χ3v) is 7.79. The van der Waals surface area contributed by atoms with Gasteiger partial charge < -0.3 is 15.0 Å². The Morgan fingerprint density at radius 1 is 1.27 bits per heavy atom. The van der Waals surface area contributed by atoms with Crippen LogP contribution >= 0.6 is 11.8 Å². The molecule has 1 aromatic heterocycles. The van der Waals surface area contributed by atoms with Gasteiger partial charge in [-0.1, -0.05) is 43.7 Å². The molecule has 2 fully saturated rings. The minimum absolute atomic E-state index is 0.137. The molecular weight excluding hydrogens is 440 g/mol. The zero-order valence-electron chi connectivity index (χ0n) is 18.7. The van der Waals surface area contributed by atoms with Crippen molar-refractivity contribution in [1.82, 2.24) is 30.8 Å². The van der Waals surface area contributed by atoms with Crippen LogP contribution in [0.5, 0.6) is 5.75 Å². The second-order valence-electron chi connectivity index (χ2n) is 8.86. The summed E-state index contributed by atoms with van der Waals surface area (Å²) in [5.41, 5.74) is 0.466. The van der Waals surface area contributed by atoms with E-state index in [-0.39, 0.29) is 28.0 Å². The van der Waals surface area contributed by atoms with Crippen LogP contribution in [0.3, 0.4) is 0 Å². The number of H-pyrrole nitrogens is 1. The van der Waals surface area contributed by atoms with Crippen LogP contribution in [0.1, 0.15) is 55.8 Å². The summed E-state index contributed by atoms with van der Waals surface area (Å²) in [5.74, 6) is 0.642. The third-order valence-electron chi connectivity index (χ3n) is 6.22.